The molecule has 2 bridgehead atoms. The van der Waals surface area contributed by atoms with Crippen LogP contribution in [0.5, 0.6) is 11.5 Å². The van der Waals surface area contributed by atoms with Crippen molar-refractivity contribution in [2.75, 3.05) is 26.8 Å². The highest BCUT2D eigenvalue weighted by molar-refractivity contribution is 6.31. The summed E-state index contributed by atoms with van der Waals surface area (Å²) in [5.74, 6) is -1.71. The van der Waals surface area contributed by atoms with E-state index in [0.29, 0.717) is 49.5 Å². The zero-order valence-corrected chi connectivity index (χ0v) is 39.5. The molecule has 7 rings (SSSR count). The molecule has 0 unspecified atom stereocenters. The van der Waals surface area contributed by atoms with Gasteiger partial charge < -0.3 is 39.8 Å². The summed E-state index contributed by atoms with van der Waals surface area (Å²) in [4.78, 5) is 65.7. The molecule has 1 aromatic heterocycles. The smallest absolute Gasteiger partial charge is 0.245 e. The summed E-state index contributed by atoms with van der Waals surface area (Å²) in [6.45, 7) is 8.50. The summed E-state index contributed by atoms with van der Waals surface area (Å²) in [5.41, 5.74) is 1.73. The minimum Gasteiger partial charge on any atom is -0.457 e. The zero-order valence-electron chi connectivity index (χ0n) is 38.0. The Labute approximate surface area is 390 Å². The molecule has 3 aromatic carbocycles. The van der Waals surface area contributed by atoms with Crippen LogP contribution in [0.25, 0.3) is 11.3 Å². The van der Waals surface area contributed by atoms with Crippen LogP contribution in [0.4, 0.5) is 4.39 Å². The first kappa shape index (κ1) is 47.9. The van der Waals surface area contributed by atoms with Gasteiger partial charge in [-0.3, -0.25) is 19.2 Å². The first-order valence-electron chi connectivity index (χ1n) is 22.4. The fourth-order valence-electron chi connectivity index (χ4n) is 8.83. The first-order chi connectivity index (χ1) is 30.9. The molecule has 4 amide bonds. The number of imidazole rings is 1. The fourth-order valence-corrected chi connectivity index (χ4v) is 9.15. The number of ether oxygens (including phenoxy) is 2. The van der Waals surface area contributed by atoms with Gasteiger partial charge in [-0.15, -0.1) is 0 Å². The van der Waals surface area contributed by atoms with Crippen molar-refractivity contribution in [1.29, 1.82) is 0 Å². The number of halogens is 3. The van der Waals surface area contributed by atoms with E-state index in [4.69, 9.17) is 32.7 Å². The number of fused-ring (bicyclic) bond motifs is 2. The number of amides is 4. The van der Waals surface area contributed by atoms with Crippen LogP contribution in [-0.2, 0) is 50.5 Å². The van der Waals surface area contributed by atoms with Crippen molar-refractivity contribution < 1.29 is 33.0 Å². The van der Waals surface area contributed by atoms with Gasteiger partial charge in [-0.2, -0.15) is 0 Å². The molecule has 0 radical (unpaired) electrons. The Morgan fingerprint density at radius 1 is 0.985 bits per heavy atom. The number of benzene rings is 3. The quantitative estimate of drug-likeness (QED) is 0.124. The van der Waals surface area contributed by atoms with E-state index in [1.807, 2.05) is 42.1 Å². The van der Waals surface area contributed by atoms with Gasteiger partial charge in [0.2, 0.25) is 23.6 Å². The van der Waals surface area contributed by atoms with Crippen molar-refractivity contribution in [1.82, 2.24) is 35.3 Å². The number of rotatable bonds is 13. The molecule has 0 spiro atoms. The minimum absolute atomic E-state index is 0.0190. The molecule has 3 fully saturated rings. The lowest BCUT2D eigenvalue weighted by Crippen LogP contribution is -2.65. The number of carbonyl (C=O) groups is 4. The molecule has 3 N–H and O–H groups in total. The molecule has 13 nitrogen and oxygen atoms in total. The zero-order chi connectivity index (χ0) is 46.6. The third-order valence-corrected chi connectivity index (χ3v) is 13.1. The standard InChI is InChI=1S/C49H60Cl2FN7O6/c1-30-45(61)55-40(28-64-6)46(62)56-49(24-32-10-14-35(50)15-11-32)18-7-19-58(29-49)47(63)34(20-31-8-9-31)21-44(60)59(30)27-38-39(52)22-36(51)23-42(38)65-37-16-12-33(13-17-37)41-25-53-43(57(41)5)26-54-48(2,3)4/h10-17,22-23,25,30-31,34,40,54H,7-9,18-21,24,26-29H2,1-6H3,(H,55,61)(H,56,62)/t30-,34+,40-,49+/m0/s1. The predicted octanol–water partition coefficient (Wildman–Crippen LogP) is 7.60. The van der Waals surface area contributed by atoms with E-state index >= 15 is 4.39 Å². The molecule has 2 aliphatic heterocycles. The lowest BCUT2D eigenvalue weighted by Gasteiger charge is -2.45. The van der Waals surface area contributed by atoms with Gasteiger partial charge >= 0.3 is 0 Å². The number of methoxy groups -OCH3 is 1. The van der Waals surface area contributed by atoms with Crippen LogP contribution in [0.2, 0.25) is 10.0 Å². The van der Waals surface area contributed by atoms with Crippen LogP contribution in [0.3, 0.4) is 0 Å². The summed E-state index contributed by atoms with van der Waals surface area (Å²) < 4.78 is 30.0. The van der Waals surface area contributed by atoms with Crippen LogP contribution >= 0.6 is 23.2 Å². The Morgan fingerprint density at radius 2 is 1.71 bits per heavy atom. The number of piperidine rings is 1. The summed E-state index contributed by atoms with van der Waals surface area (Å²) in [5, 5.41) is 10.2. The highest BCUT2D eigenvalue weighted by Gasteiger charge is 2.44. The van der Waals surface area contributed by atoms with E-state index in [2.05, 4.69) is 41.7 Å². The second kappa shape index (κ2) is 20.2. The molecular formula is C49H60Cl2FN7O6. The van der Waals surface area contributed by atoms with Gasteiger partial charge in [0, 0.05) is 66.3 Å². The maximum Gasteiger partial charge on any atom is 0.245 e. The van der Waals surface area contributed by atoms with Crippen LogP contribution in [-0.4, -0.2) is 92.9 Å². The number of carbonyl (C=O) groups excluding carboxylic acids is 4. The highest BCUT2D eigenvalue weighted by atomic mass is 35.5. The van der Waals surface area contributed by atoms with Crippen molar-refractivity contribution in [2.24, 2.45) is 18.9 Å². The second-order valence-electron chi connectivity index (χ2n) is 18.9. The van der Waals surface area contributed by atoms with E-state index in [1.54, 1.807) is 29.2 Å². The molecule has 1 saturated carbocycles. The van der Waals surface area contributed by atoms with Gasteiger partial charge in [0.1, 0.15) is 35.2 Å². The first-order valence-corrected chi connectivity index (χ1v) is 23.1. The van der Waals surface area contributed by atoms with Gasteiger partial charge in [0.05, 0.1) is 37.1 Å². The highest BCUT2D eigenvalue weighted by Crippen LogP contribution is 2.39. The Kier molecular flexibility index (Phi) is 14.9. The van der Waals surface area contributed by atoms with Crippen molar-refractivity contribution >= 4 is 46.8 Å². The average molecular weight is 933 g/mol. The monoisotopic (exact) mass is 931 g/mol. The topological polar surface area (TPSA) is 147 Å². The largest absolute Gasteiger partial charge is 0.457 e. The van der Waals surface area contributed by atoms with Crippen LogP contribution in [0.1, 0.15) is 83.2 Å². The van der Waals surface area contributed by atoms with E-state index in [9.17, 15) is 19.2 Å². The van der Waals surface area contributed by atoms with E-state index in [-0.39, 0.29) is 53.3 Å². The molecule has 65 heavy (non-hydrogen) atoms. The van der Waals surface area contributed by atoms with Gasteiger partial charge in [0.25, 0.3) is 0 Å². The maximum absolute atomic E-state index is 16.3. The maximum atomic E-state index is 16.3. The Morgan fingerprint density at radius 3 is 2.38 bits per heavy atom. The second-order valence-corrected chi connectivity index (χ2v) is 19.8. The van der Waals surface area contributed by atoms with Crippen LogP contribution in [0.15, 0.2) is 66.9 Å². The third-order valence-electron chi connectivity index (χ3n) is 12.6. The number of hydrogen-bond donors (Lipinski definition) is 3. The van der Waals surface area contributed by atoms with E-state index in [0.717, 1.165) is 41.6 Å². The molecule has 4 aromatic rings. The van der Waals surface area contributed by atoms with Crippen molar-refractivity contribution in [2.45, 2.75) is 109 Å². The molecule has 4 atom stereocenters. The lowest BCUT2D eigenvalue weighted by molar-refractivity contribution is -0.148. The molecular weight excluding hydrogens is 872 g/mol. The normalized spacial score (nSPS) is 22.4. The lowest BCUT2D eigenvalue weighted by atomic mass is 9.81. The molecule has 2 saturated heterocycles. The molecule has 16 heteroatoms. The number of nitrogens with one attached hydrogen (secondary N) is 3. The number of hydrogen-bond acceptors (Lipinski definition) is 8. The van der Waals surface area contributed by atoms with Crippen molar-refractivity contribution in [3.05, 3.63) is 99.7 Å². The summed E-state index contributed by atoms with van der Waals surface area (Å²) in [7, 11) is 3.38. The summed E-state index contributed by atoms with van der Waals surface area (Å²) in [6, 6.07) is 14.8. The fraction of sp³-hybridized carbons (Fsp3) is 0.490. The van der Waals surface area contributed by atoms with Crippen molar-refractivity contribution in [3.8, 4) is 22.8 Å². The third kappa shape index (κ3) is 12.1. The number of nitrogens with zero attached hydrogens (tertiary/aromatic N) is 4. The molecule has 348 valence electrons. The van der Waals surface area contributed by atoms with Gasteiger partial charge in [-0.05, 0) is 113 Å². The SMILES string of the molecule is COC[C@@H]1NC(=O)[C@H](C)N(Cc2c(F)cc(Cl)cc2Oc2ccc(-c3cnc(CNC(C)(C)C)n3C)cc2)C(=O)C[C@@H](CC2CC2)C(=O)N2CCC[C@@](Cc3ccc(Cl)cc3)(C2)NC1=O. The van der Waals surface area contributed by atoms with Gasteiger partial charge in [-0.1, -0.05) is 48.2 Å². The molecule has 3 heterocycles. The van der Waals surface area contributed by atoms with E-state index in [1.165, 1.54) is 25.0 Å². The van der Waals surface area contributed by atoms with Crippen LogP contribution in [0, 0.1) is 17.7 Å². The Balaban J connectivity index is 1.18. The van der Waals surface area contributed by atoms with Gasteiger partial charge in [-0.25, -0.2) is 9.37 Å². The minimum atomic E-state index is -1.22. The van der Waals surface area contributed by atoms with E-state index < -0.39 is 53.6 Å². The predicted molar refractivity (Wildman–Crippen MR) is 248 cm³/mol. The average Bonchev–Trinajstić information content (AvgIpc) is 4.00. The summed E-state index contributed by atoms with van der Waals surface area (Å²) in [6.07, 6.45) is 5.61. The van der Waals surface area contributed by atoms with Crippen LogP contribution < -0.4 is 20.7 Å². The summed E-state index contributed by atoms with van der Waals surface area (Å²) >= 11 is 12.6. The number of aromatic nitrogens is 2. The Hall–Kier alpha value is -5.02. The molecule has 3 aliphatic rings. The Bertz CT molecular complexity index is 2370. The van der Waals surface area contributed by atoms with Crippen molar-refractivity contribution in [3.63, 3.8) is 0 Å². The molecule has 1 aliphatic carbocycles. The van der Waals surface area contributed by atoms with Gasteiger partial charge in [0.15, 0.2) is 0 Å².